The molecule has 0 saturated carbocycles. The van der Waals surface area contributed by atoms with E-state index >= 15 is 0 Å². The van der Waals surface area contributed by atoms with Crippen molar-refractivity contribution in [1.29, 1.82) is 0 Å². The lowest BCUT2D eigenvalue weighted by molar-refractivity contribution is -0.224. The van der Waals surface area contributed by atoms with E-state index in [0.29, 0.717) is 0 Å². The monoisotopic (exact) mass is 152 g/mol. The van der Waals surface area contributed by atoms with E-state index in [9.17, 15) is 4.39 Å². The normalized spacial score (nSPS) is 49.2. The second-order valence-electron chi connectivity index (χ2n) is 2.23. The first-order valence-corrected chi connectivity index (χ1v) is 2.93. The number of aliphatic hydroxyl groups is 3. The van der Waals surface area contributed by atoms with E-state index in [4.69, 9.17) is 15.3 Å². The Morgan fingerprint density at radius 1 is 1.20 bits per heavy atom. The molecule has 1 aliphatic rings. The van der Waals surface area contributed by atoms with E-state index in [-0.39, 0.29) is 6.61 Å². The van der Waals surface area contributed by atoms with Crippen molar-refractivity contribution >= 4 is 0 Å². The van der Waals surface area contributed by atoms with E-state index in [1.165, 1.54) is 0 Å². The van der Waals surface area contributed by atoms with Crippen molar-refractivity contribution in [2.75, 3.05) is 6.61 Å². The number of hydrogen-bond acceptors (Lipinski definition) is 4. The van der Waals surface area contributed by atoms with Gasteiger partial charge in [0.2, 0.25) is 6.36 Å². The van der Waals surface area contributed by atoms with Gasteiger partial charge < -0.3 is 20.1 Å². The molecule has 4 nitrogen and oxygen atoms in total. The van der Waals surface area contributed by atoms with Crippen molar-refractivity contribution in [2.45, 2.75) is 24.7 Å². The third kappa shape index (κ3) is 1.27. The van der Waals surface area contributed by atoms with Gasteiger partial charge in [0, 0.05) is 0 Å². The van der Waals surface area contributed by atoms with Crippen molar-refractivity contribution < 1.29 is 24.4 Å². The minimum absolute atomic E-state index is 0.278. The Balaban J connectivity index is 2.52. The molecule has 1 heterocycles. The average Bonchev–Trinajstić information content (AvgIpc) is 1.93. The lowest BCUT2D eigenvalue weighted by atomic mass is 10.1. The van der Waals surface area contributed by atoms with E-state index in [0.717, 1.165) is 0 Å². The van der Waals surface area contributed by atoms with Gasteiger partial charge in [-0.2, -0.15) is 0 Å². The highest BCUT2D eigenvalue weighted by molar-refractivity contribution is 4.81. The summed E-state index contributed by atoms with van der Waals surface area (Å²) in [6, 6.07) is 0. The highest BCUT2D eigenvalue weighted by Gasteiger charge is 2.37. The SMILES string of the molecule is O[C@@H]1[C@@H](O)[C@@H](F)OC[C@H]1O. The molecule has 1 aliphatic heterocycles. The molecule has 0 aliphatic carbocycles. The van der Waals surface area contributed by atoms with E-state index in [2.05, 4.69) is 4.74 Å². The van der Waals surface area contributed by atoms with Crippen molar-refractivity contribution in [2.24, 2.45) is 0 Å². The summed E-state index contributed by atoms with van der Waals surface area (Å²) < 4.78 is 16.5. The molecule has 1 fully saturated rings. The number of hydrogen-bond donors (Lipinski definition) is 3. The molecule has 60 valence electrons. The fourth-order valence-corrected chi connectivity index (χ4v) is 0.770. The third-order valence-electron chi connectivity index (χ3n) is 1.44. The van der Waals surface area contributed by atoms with Crippen LogP contribution in [-0.4, -0.2) is 46.6 Å². The Morgan fingerprint density at radius 3 is 2.30 bits per heavy atom. The summed E-state index contributed by atoms with van der Waals surface area (Å²) in [4.78, 5) is 0. The molecule has 0 unspecified atom stereocenters. The van der Waals surface area contributed by atoms with Crippen LogP contribution in [0.4, 0.5) is 4.39 Å². The zero-order valence-corrected chi connectivity index (χ0v) is 5.14. The molecule has 0 aromatic rings. The first-order valence-electron chi connectivity index (χ1n) is 2.93. The molecule has 0 aromatic carbocycles. The lowest BCUT2D eigenvalue weighted by Gasteiger charge is -2.30. The van der Waals surface area contributed by atoms with Crippen LogP contribution in [0, 0.1) is 0 Å². The molecule has 1 saturated heterocycles. The zero-order valence-electron chi connectivity index (χ0n) is 5.14. The van der Waals surface area contributed by atoms with E-state index in [1.54, 1.807) is 0 Å². The number of ether oxygens (including phenoxy) is 1. The molecule has 0 radical (unpaired) electrons. The van der Waals surface area contributed by atoms with Crippen molar-refractivity contribution in [1.82, 2.24) is 0 Å². The predicted molar refractivity (Wildman–Crippen MR) is 28.9 cm³/mol. The third-order valence-corrected chi connectivity index (χ3v) is 1.44. The molecule has 5 heteroatoms. The molecule has 4 atom stereocenters. The van der Waals surface area contributed by atoms with Gasteiger partial charge in [0.25, 0.3) is 0 Å². The zero-order chi connectivity index (χ0) is 7.72. The van der Waals surface area contributed by atoms with E-state index in [1.807, 2.05) is 0 Å². The highest BCUT2D eigenvalue weighted by atomic mass is 19.1. The van der Waals surface area contributed by atoms with Gasteiger partial charge in [-0.25, -0.2) is 4.39 Å². The van der Waals surface area contributed by atoms with Crippen LogP contribution in [-0.2, 0) is 4.74 Å². The fourth-order valence-electron chi connectivity index (χ4n) is 0.770. The average molecular weight is 152 g/mol. The Morgan fingerprint density at radius 2 is 1.80 bits per heavy atom. The van der Waals surface area contributed by atoms with Crippen LogP contribution in [0.25, 0.3) is 0 Å². The molecule has 0 amide bonds. The number of halogens is 1. The molecular weight excluding hydrogens is 143 g/mol. The summed E-state index contributed by atoms with van der Waals surface area (Å²) in [5, 5.41) is 26.3. The molecule has 1 rings (SSSR count). The number of rotatable bonds is 0. The summed E-state index contributed by atoms with van der Waals surface area (Å²) in [6.07, 6.45) is -6.16. The molecule has 10 heavy (non-hydrogen) atoms. The second kappa shape index (κ2) is 2.79. The standard InChI is InChI=1S/C5H9FO4/c6-5-4(9)3(8)2(7)1-10-5/h2-5,7-9H,1H2/t2-,3+,4-,5+/m1/s1. The van der Waals surface area contributed by atoms with Crippen LogP contribution in [0.3, 0.4) is 0 Å². The van der Waals surface area contributed by atoms with Gasteiger partial charge >= 0.3 is 0 Å². The minimum Gasteiger partial charge on any atom is -0.388 e. The Hall–Kier alpha value is -0.230. The van der Waals surface area contributed by atoms with Crippen molar-refractivity contribution in [3.8, 4) is 0 Å². The van der Waals surface area contributed by atoms with Gasteiger partial charge in [-0.15, -0.1) is 0 Å². The molecule has 0 bridgehead atoms. The quantitative estimate of drug-likeness (QED) is 0.391. The van der Waals surface area contributed by atoms with Gasteiger partial charge in [0.1, 0.15) is 18.3 Å². The second-order valence-corrected chi connectivity index (χ2v) is 2.23. The maximum absolute atomic E-state index is 12.3. The summed E-state index contributed by atoms with van der Waals surface area (Å²) in [5.41, 5.74) is 0. The van der Waals surface area contributed by atoms with Crippen LogP contribution in [0.2, 0.25) is 0 Å². The number of aliphatic hydroxyl groups excluding tert-OH is 3. The fraction of sp³-hybridized carbons (Fsp3) is 1.00. The van der Waals surface area contributed by atoms with Gasteiger partial charge in [-0.3, -0.25) is 0 Å². The first kappa shape index (κ1) is 7.87. The van der Waals surface area contributed by atoms with Gasteiger partial charge in [0.05, 0.1) is 6.61 Å². The number of alkyl halides is 1. The maximum Gasteiger partial charge on any atom is 0.227 e. The Kier molecular flexibility index (Phi) is 2.20. The van der Waals surface area contributed by atoms with Gasteiger partial charge in [-0.1, -0.05) is 0 Å². The molecule has 0 spiro atoms. The molecule has 3 N–H and O–H groups in total. The van der Waals surface area contributed by atoms with Crippen LogP contribution >= 0.6 is 0 Å². The molecular formula is C5H9FO4. The van der Waals surface area contributed by atoms with Crippen molar-refractivity contribution in [3.05, 3.63) is 0 Å². The smallest absolute Gasteiger partial charge is 0.227 e. The summed E-state index contributed by atoms with van der Waals surface area (Å²) in [7, 11) is 0. The van der Waals surface area contributed by atoms with Crippen LogP contribution in [0.1, 0.15) is 0 Å². The Labute approximate surface area is 56.9 Å². The summed E-state index contributed by atoms with van der Waals surface area (Å²) in [6.45, 7) is -0.278. The minimum atomic E-state index is -1.89. The van der Waals surface area contributed by atoms with E-state index < -0.39 is 24.7 Å². The topological polar surface area (TPSA) is 69.9 Å². The van der Waals surface area contributed by atoms with Crippen molar-refractivity contribution in [3.63, 3.8) is 0 Å². The first-order chi connectivity index (χ1) is 4.63. The Bertz CT molecular complexity index is 106. The van der Waals surface area contributed by atoms with Crippen LogP contribution in [0.5, 0.6) is 0 Å². The summed E-state index contributed by atoms with van der Waals surface area (Å²) in [5.74, 6) is 0. The van der Waals surface area contributed by atoms with Gasteiger partial charge in [0.15, 0.2) is 0 Å². The lowest BCUT2D eigenvalue weighted by Crippen LogP contribution is -2.51. The largest absolute Gasteiger partial charge is 0.388 e. The van der Waals surface area contributed by atoms with Crippen LogP contribution in [0.15, 0.2) is 0 Å². The summed E-state index contributed by atoms with van der Waals surface area (Å²) >= 11 is 0. The molecule has 0 aromatic heterocycles. The maximum atomic E-state index is 12.3. The van der Waals surface area contributed by atoms with Gasteiger partial charge in [-0.05, 0) is 0 Å². The highest BCUT2D eigenvalue weighted by Crippen LogP contribution is 2.15. The predicted octanol–water partition coefficient (Wildman–Crippen LogP) is -1.61. The van der Waals surface area contributed by atoms with Crippen LogP contribution < -0.4 is 0 Å².